The third kappa shape index (κ3) is 3.54. The third-order valence-corrected chi connectivity index (χ3v) is 4.27. The summed E-state index contributed by atoms with van der Waals surface area (Å²) >= 11 is 1.44. The molecular formula is C17H14N2O3S. The molecule has 1 amide bonds. The van der Waals surface area contributed by atoms with Crippen LogP contribution in [0.25, 0.3) is 10.2 Å². The minimum atomic E-state index is -1.05. The highest BCUT2D eigenvalue weighted by Gasteiger charge is 2.21. The van der Waals surface area contributed by atoms with Crippen LogP contribution in [0.2, 0.25) is 0 Å². The largest absolute Gasteiger partial charge is 0.480 e. The number of carboxylic acids is 1. The number of hydrogen-bond donors (Lipinski definition) is 2. The zero-order valence-corrected chi connectivity index (χ0v) is 12.9. The summed E-state index contributed by atoms with van der Waals surface area (Å²) in [4.78, 5) is 27.9. The number of benzene rings is 2. The van der Waals surface area contributed by atoms with Crippen molar-refractivity contribution in [2.45, 2.75) is 12.5 Å². The predicted molar refractivity (Wildman–Crippen MR) is 88.7 cm³/mol. The predicted octanol–water partition coefficient (Wildman–Crippen LogP) is 2.72. The normalized spacial score (nSPS) is 12.0. The van der Waals surface area contributed by atoms with Gasteiger partial charge in [0.25, 0.3) is 5.91 Å². The molecule has 0 fully saturated rings. The molecule has 0 aliphatic carbocycles. The van der Waals surface area contributed by atoms with E-state index < -0.39 is 17.9 Å². The van der Waals surface area contributed by atoms with Gasteiger partial charge in [-0.25, -0.2) is 9.78 Å². The zero-order valence-electron chi connectivity index (χ0n) is 12.1. The van der Waals surface area contributed by atoms with E-state index in [1.165, 1.54) is 11.3 Å². The van der Waals surface area contributed by atoms with E-state index in [1.807, 2.05) is 30.3 Å². The fourth-order valence-electron chi connectivity index (χ4n) is 2.29. The van der Waals surface area contributed by atoms with E-state index in [4.69, 9.17) is 0 Å². The summed E-state index contributed by atoms with van der Waals surface area (Å²) in [6, 6.07) is 13.4. The zero-order chi connectivity index (χ0) is 16.2. The Labute approximate surface area is 136 Å². The first kappa shape index (κ1) is 15.2. The minimum absolute atomic E-state index is 0.241. The number of carboxylic acid groups (broad SMARTS) is 1. The highest BCUT2D eigenvalue weighted by atomic mass is 32.1. The topological polar surface area (TPSA) is 79.3 Å². The van der Waals surface area contributed by atoms with Crippen LogP contribution < -0.4 is 5.32 Å². The molecule has 5 nitrogen and oxygen atoms in total. The molecule has 0 saturated carbocycles. The number of amides is 1. The van der Waals surface area contributed by atoms with Crippen molar-refractivity contribution in [2.24, 2.45) is 0 Å². The van der Waals surface area contributed by atoms with E-state index in [-0.39, 0.29) is 6.42 Å². The van der Waals surface area contributed by atoms with Crippen molar-refractivity contribution in [1.82, 2.24) is 10.3 Å². The van der Waals surface area contributed by atoms with Gasteiger partial charge in [-0.15, -0.1) is 11.3 Å². The summed E-state index contributed by atoms with van der Waals surface area (Å²) in [5.74, 6) is -1.45. The van der Waals surface area contributed by atoms with Crippen molar-refractivity contribution in [3.8, 4) is 0 Å². The van der Waals surface area contributed by atoms with Crippen molar-refractivity contribution >= 4 is 33.4 Å². The summed E-state index contributed by atoms with van der Waals surface area (Å²) in [6.07, 6.45) is 0.241. The molecule has 0 saturated heterocycles. The summed E-state index contributed by atoms with van der Waals surface area (Å²) in [5, 5.41) is 11.9. The maximum Gasteiger partial charge on any atom is 0.326 e. The Morgan fingerprint density at radius 2 is 1.96 bits per heavy atom. The Morgan fingerprint density at radius 1 is 1.17 bits per heavy atom. The van der Waals surface area contributed by atoms with Crippen LogP contribution in [0, 0.1) is 0 Å². The second kappa shape index (κ2) is 6.58. The Morgan fingerprint density at radius 3 is 2.70 bits per heavy atom. The lowest BCUT2D eigenvalue weighted by atomic mass is 10.1. The van der Waals surface area contributed by atoms with Gasteiger partial charge in [0.2, 0.25) is 0 Å². The lowest BCUT2D eigenvalue weighted by Gasteiger charge is -2.14. The molecule has 0 radical (unpaired) electrons. The van der Waals surface area contributed by atoms with Crippen LogP contribution in [-0.4, -0.2) is 28.0 Å². The van der Waals surface area contributed by atoms with Crippen molar-refractivity contribution < 1.29 is 14.7 Å². The van der Waals surface area contributed by atoms with Gasteiger partial charge in [-0.05, 0) is 23.8 Å². The Balaban J connectivity index is 1.76. The molecule has 2 N–H and O–H groups in total. The molecule has 0 bridgehead atoms. The molecule has 1 atom stereocenters. The highest BCUT2D eigenvalue weighted by Crippen LogP contribution is 2.19. The first-order valence-corrected chi connectivity index (χ1v) is 7.92. The van der Waals surface area contributed by atoms with Gasteiger partial charge in [-0.2, -0.15) is 0 Å². The van der Waals surface area contributed by atoms with Crippen LogP contribution in [0.4, 0.5) is 0 Å². The number of carbonyl (C=O) groups is 2. The SMILES string of the molecule is O=C(NC(Cc1ccccc1)C(=O)O)c1ccc2ncsc2c1. The molecule has 116 valence electrons. The summed E-state index contributed by atoms with van der Waals surface area (Å²) in [7, 11) is 0. The first-order chi connectivity index (χ1) is 11.1. The molecule has 1 unspecified atom stereocenters. The average Bonchev–Trinajstić information content (AvgIpc) is 3.02. The smallest absolute Gasteiger partial charge is 0.326 e. The lowest BCUT2D eigenvalue weighted by molar-refractivity contribution is -0.139. The standard InChI is InChI=1S/C17H14N2O3S/c20-16(12-6-7-13-15(9-12)23-10-18-13)19-14(17(21)22)8-11-4-2-1-3-5-11/h1-7,9-10,14H,8H2,(H,19,20)(H,21,22). The second-order valence-electron chi connectivity index (χ2n) is 5.09. The molecule has 6 heteroatoms. The van der Waals surface area contributed by atoms with Gasteiger partial charge < -0.3 is 10.4 Å². The van der Waals surface area contributed by atoms with E-state index in [2.05, 4.69) is 10.3 Å². The van der Waals surface area contributed by atoms with Crippen molar-refractivity contribution in [2.75, 3.05) is 0 Å². The van der Waals surface area contributed by atoms with Crippen molar-refractivity contribution in [3.63, 3.8) is 0 Å². The van der Waals surface area contributed by atoms with E-state index in [1.54, 1.807) is 23.7 Å². The Hall–Kier alpha value is -2.73. The van der Waals surface area contributed by atoms with Crippen molar-refractivity contribution in [3.05, 3.63) is 65.2 Å². The molecule has 2 aromatic carbocycles. The third-order valence-electron chi connectivity index (χ3n) is 3.48. The maximum atomic E-state index is 12.3. The monoisotopic (exact) mass is 326 g/mol. The van der Waals surface area contributed by atoms with E-state index in [0.29, 0.717) is 5.56 Å². The molecule has 0 spiro atoms. The first-order valence-electron chi connectivity index (χ1n) is 7.04. The van der Waals surface area contributed by atoms with Gasteiger partial charge in [0, 0.05) is 12.0 Å². The van der Waals surface area contributed by atoms with Gasteiger partial charge in [0.05, 0.1) is 15.7 Å². The van der Waals surface area contributed by atoms with Gasteiger partial charge in [0.15, 0.2) is 0 Å². The van der Waals surface area contributed by atoms with Crippen LogP contribution in [-0.2, 0) is 11.2 Å². The van der Waals surface area contributed by atoms with Gasteiger partial charge in [0.1, 0.15) is 6.04 Å². The summed E-state index contributed by atoms with van der Waals surface area (Å²) in [6.45, 7) is 0. The van der Waals surface area contributed by atoms with Crippen LogP contribution in [0.15, 0.2) is 54.0 Å². The average molecular weight is 326 g/mol. The molecule has 0 aliphatic rings. The van der Waals surface area contributed by atoms with Gasteiger partial charge in [-0.1, -0.05) is 30.3 Å². The minimum Gasteiger partial charge on any atom is -0.480 e. The lowest BCUT2D eigenvalue weighted by Crippen LogP contribution is -2.42. The number of fused-ring (bicyclic) bond motifs is 1. The van der Waals surface area contributed by atoms with Crippen LogP contribution in [0.3, 0.4) is 0 Å². The van der Waals surface area contributed by atoms with E-state index in [9.17, 15) is 14.7 Å². The van der Waals surface area contributed by atoms with E-state index in [0.717, 1.165) is 15.8 Å². The molecule has 1 aromatic heterocycles. The molecule has 3 rings (SSSR count). The number of rotatable bonds is 5. The van der Waals surface area contributed by atoms with Crippen LogP contribution in [0.5, 0.6) is 0 Å². The number of aliphatic carboxylic acids is 1. The summed E-state index contributed by atoms with van der Waals surface area (Å²) in [5.41, 5.74) is 3.83. The number of thiazole rings is 1. The Bertz CT molecular complexity index is 845. The number of nitrogens with one attached hydrogen (secondary N) is 1. The molecule has 1 heterocycles. The molecule has 23 heavy (non-hydrogen) atoms. The van der Waals surface area contributed by atoms with Crippen molar-refractivity contribution in [1.29, 1.82) is 0 Å². The number of nitrogens with zero attached hydrogens (tertiary/aromatic N) is 1. The number of carbonyl (C=O) groups excluding carboxylic acids is 1. The quantitative estimate of drug-likeness (QED) is 0.755. The fourth-order valence-corrected chi connectivity index (χ4v) is 3.00. The number of hydrogen-bond acceptors (Lipinski definition) is 4. The molecule has 3 aromatic rings. The maximum absolute atomic E-state index is 12.3. The second-order valence-corrected chi connectivity index (χ2v) is 5.98. The Kier molecular flexibility index (Phi) is 4.34. The number of aromatic nitrogens is 1. The highest BCUT2D eigenvalue weighted by molar-refractivity contribution is 7.16. The van der Waals surface area contributed by atoms with Crippen LogP contribution >= 0.6 is 11.3 Å². The van der Waals surface area contributed by atoms with Gasteiger partial charge in [-0.3, -0.25) is 4.79 Å². The fraction of sp³-hybridized carbons (Fsp3) is 0.118. The summed E-state index contributed by atoms with van der Waals surface area (Å²) < 4.78 is 0.896. The van der Waals surface area contributed by atoms with Crippen LogP contribution in [0.1, 0.15) is 15.9 Å². The molecular weight excluding hydrogens is 312 g/mol. The van der Waals surface area contributed by atoms with Gasteiger partial charge >= 0.3 is 5.97 Å². The molecule has 0 aliphatic heterocycles. The van der Waals surface area contributed by atoms with E-state index >= 15 is 0 Å².